The number of benzene rings is 2. The molecule has 2 aromatic carbocycles. The summed E-state index contributed by atoms with van der Waals surface area (Å²) < 4.78 is 14.1. The van der Waals surface area contributed by atoms with E-state index < -0.39 is 5.82 Å². The maximum Gasteiger partial charge on any atom is 0.253 e. The Balaban J connectivity index is 1.47. The Morgan fingerprint density at radius 1 is 1.09 bits per heavy atom. The molecule has 1 aliphatic rings. The molecule has 4 aromatic rings. The van der Waals surface area contributed by atoms with Crippen molar-refractivity contribution in [2.45, 2.75) is 12.8 Å². The van der Waals surface area contributed by atoms with E-state index in [1.807, 2.05) is 48.4 Å². The molecule has 1 amide bonds. The van der Waals surface area contributed by atoms with Crippen molar-refractivity contribution in [2.75, 3.05) is 26.2 Å². The van der Waals surface area contributed by atoms with Crippen molar-refractivity contribution in [3.05, 3.63) is 87.4 Å². The highest BCUT2D eigenvalue weighted by Crippen LogP contribution is 2.39. The lowest BCUT2D eigenvalue weighted by molar-refractivity contribution is 0.0736. The molecule has 0 saturated carbocycles. The molecule has 1 aliphatic heterocycles. The van der Waals surface area contributed by atoms with Crippen LogP contribution in [0.3, 0.4) is 0 Å². The number of hydrogen-bond acceptors (Lipinski definition) is 3. The fourth-order valence-electron chi connectivity index (χ4n) is 4.49. The maximum absolute atomic E-state index is 14.1. The Morgan fingerprint density at radius 3 is 2.56 bits per heavy atom. The summed E-state index contributed by atoms with van der Waals surface area (Å²) in [6, 6.07) is 12.4. The van der Waals surface area contributed by atoms with Crippen LogP contribution in [0, 0.1) is 5.82 Å². The van der Waals surface area contributed by atoms with Gasteiger partial charge in [0.1, 0.15) is 11.5 Å². The van der Waals surface area contributed by atoms with Crippen molar-refractivity contribution >= 4 is 40.1 Å². The zero-order valence-corrected chi connectivity index (χ0v) is 20.1. The highest BCUT2D eigenvalue weighted by Gasteiger charge is 2.22. The highest BCUT2D eigenvalue weighted by atomic mass is 35.5. The Kier molecular flexibility index (Phi) is 6.30. The Hall–Kier alpha value is -2.93. The number of nitrogens with one attached hydrogen (secondary N) is 2. The van der Waals surface area contributed by atoms with Gasteiger partial charge in [-0.1, -0.05) is 42.3 Å². The summed E-state index contributed by atoms with van der Waals surface area (Å²) in [4.78, 5) is 22.4. The van der Waals surface area contributed by atoms with Crippen LogP contribution >= 0.6 is 23.2 Å². The van der Waals surface area contributed by atoms with Crippen molar-refractivity contribution < 1.29 is 9.18 Å². The number of halogens is 3. The Labute approximate surface area is 206 Å². The summed E-state index contributed by atoms with van der Waals surface area (Å²) >= 11 is 12.6. The number of aromatic amines is 1. The molecule has 1 saturated heterocycles. The lowest BCUT2D eigenvalue weighted by Gasteiger charge is -2.27. The summed E-state index contributed by atoms with van der Waals surface area (Å²) in [5.41, 5.74) is 4.73. The van der Waals surface area contributed by atoms with Crippen LogP contribution in [0.2, 0.25) is 10.0 Å². The second kappa shape index (κ2) is 9.37. The van der Waals surface area contributed by atoms with Crippen LogP contribution in [0.25, 0.3) is 22.2 Å². The van der Waals surface area contributed by atoms with Crippen LogP contribution in [0.1, 0.15) is 34.3 Å². The first-order chi connectivity index (χ1) is 16.4. The predicted octanol–water partition coefficient (Wildman–Crippen LogP) is 5.87. The molecule has 1 atom stereocenters. The van der Waals surface area contributed by atoms with E-state index in [0.717, 1.165) is 53.9 Å². The number of carbonyl (C=O) groups is 1. The van der Waals surface area contributed by atoms with Crippen LogP contribution in [-0.2, 0) is 0 Å². The normalized spacial score (nSPS) is 15.0. The van der Waals surface area contributed by atoms with Crippen molar-refractivity contribution in [3.8, 4) is 11.1 Å². The van der Waals surface area contributed by atoms with Crippen LogP contribution in [0.4, 0.5) is 4.39 Å². The second-order valence-electron chi connectivity index (χ2n) is 8.46. The topological polar surface area (TPSA) is 61.0 Å². The van der Waals surface area contributed by atoms with Crippen molar-refractivity contribution in [3.63, 3.8) is 0 Å². The van der Waals surface area contributed by atoms with Crippen molar-refractivity contribution in [2.24, 2.45) is 0 Å². The summed E-state index contributed by atoms with van der Waals surface area (Å²) in [6.45, 7) is 5.01. The fourth-order valence-corrected chi connectivity index (χ4v) is 5.19. The standard InChI is InChI=1S/C26H23Cl2FN4O/c1-15(23-21(27)6-7-22(29)24(23)28)20-14-32-25-19(20)12-18(13-31-25)16-2-4-17(5-3-16)26(34)33-10-8-30-9-11-33/h2-7,12-15,30H,8-11H2,1H3,(H,31,32). The molecule has 174 valence electrons. The lowest BCUT2D eigenvalue weighted by Crippen LogP contribution is -2.46. The molecule has 0 bridgehead atoms. The third-order valence-corrected chi connectivity index (χ3v) is 7.13. The second-order valence-corrected chi connectivity index (χ2v) is 9.25. The van der Waals surface area contributed by atoms with E-state index in [0.29, 0.717) is 16.1 Å². The summed E-state index contributed by atoms with van der Waals surface area (Å²) in [5, 5.41) is 4.61. The van der Waals surface area contributed by atoms with Crippen molar-refractivity contribution in [1.82, 2.24) is 20.2 Å². The number of fused-ring (bicyclic) bond motifs is 1. The zero-order valence-electron chi connectivity index (χ0n) is 18.5. The Bertz CT molecular complexity index is 1360. The molecule has 5 nitrogen and oxygen atoms in total. The quantitative estimate of drug-likeness (QED) is 0.347. The smallest absolute Gasteiger partial charge is 0.253 e. The van der Waals surface area contributed by atoms with Gasteiger partial charge >= 0.3 is 0 Å². The summed E-state index contributed by atoms with van der Waals surface area (Å²) in [5.74, 6) is -0.699. The third-order valence-electron chi connectivity index (χ3n) is 6.41. The number of piperazine rings is 1. The van der Waals surface area contributed by atoms with E-state index in [1.165, 1.54) is 12.1 Å². The van der Waals surface area contributed by atoms with Gasteiger partial charge in [-0.05, 0) is 47.0 Å². The number of hydrogen-bond donors (Lipinski definition) is 2. The molecule has 34 heavy (non-hydrogen) atoms. The molecular weight excluding hydrogens is 474 g/mol. The first-order valence-corrected chi connectivity index (χ1v) is 11.9. The minimum Gasteiger partial charge on any atom is -0.346 e. The number of amides is 1. The van der Waals surface area contributed by atoms with Gasteiger partial charge in [0.25, 0.3) is 5.91 Å². The van der Waals surface area contributed by atoms with E-state index in [1.54, 1.807) is 6.20 Å². The van der Waals surface area contributed by atoms with Gasteiger partial charge in [0.15, 0.2) is 0 Å². The predicted molar refractivity (Wildman–Crippen MR) is 134 cm³/mol. The molecule has 0 radical (unpaired) electrons. The van der Waals surface area contributed by atoms with E-state index in [-0.39, 0.29) is 16.8 Å². The number of H-pyrrole nitrogens is 1. The monoisotopic (exact) mass is 496 g/mol. The lowest BCUT2D eigenvalue weighted by atomic mass is 9.92. The molecule has 1 unspecified atom stereocenters. The fraction of sp³-hybridized carbons (Fsp3) is 0.231. The zero-order chi connectivity index (χ0) is 23.8. The summed E-state index contributed by atoms with van der Waals surface area (Å²) in [6.07, 6.45) is 3.65. The average molecular weight is 497 g/mol. The molecule has 8 heteroatoms. The molecule has 5 rings (SSSR count). The molecule has 3 heterocycles. The van der Waals surface area contributed by atoms with Gasteiger partial charge in [-0.3, -0.25) is 4.79 Å². The molecule has 2 N–H and O–H groups in total. The third kappa shape index (κ3) is 4.17. The van der Waals surface area contributed by atoms with E-state index in [2.05, 4.69) is 15.3 Å². The van der Waals surface area contributed by atoms with Gasteiger partial charge in [0.05, 0.1) is 5.02 Å². The van der Waals surface area contributed by atoms with Crippen LogP contribution in [0.5, 0.6) is 0 Å². The van der Waals surface area contributed by atoms with Crippen LogP contribution < -0.4 is 5.32 Å². The first kappa shape index (κ1) is 22.8. The van der Waals surface area contributed by atoms with Gasteiger partial charge in [-0.25, -0.2) is 9.37 Å². The van der Waals surface area contributed by atoms with Gasteiger partial charge < -0.3 is 15.2 Å². The van der Waals surface area contributed by atoms with Crippen LogP contribution in [0.15, 0.2) is 54.9 Å². The minimum atomic E-state index is -0.498. The Morgan fingerprint density at radius 2 is 1.82 bits per heavy atom. The number of pyridine rings is 1. The molecule has 1 fully saturated rings. The van der Waals surface area contributed by atoms with E-state index in [4.69, 9.17) is 23.2 Å². The molecular formula is C26H23Cl2FN4O. The van der Waals surface area contributed by atoms with Crippen LogP contribution in [-0.4, -0.2) is 47.0 Å². The molecule has 2 aromatic heterocycles. The summed E-state index contributed by atoms with van der Waals surface area (Å²) in [7, 11) is 0. The molecule has 0 spiro atoms. The van der Waals surface area contributed by atoms with E-state index in [9.17, 15) is 9.18 Å². The van der Waals surface area contributed by atoms with Gasteiger partial charge in [-0.15, -0.1) is 0 Å². The van der Waals surface area contributed by atoms with E-state index >= 15 is 0 Å². The van der Waals surface area contributed by atoms with Gasteiger partial charge in [0.2, 0.25) is 0 Å². The first-order valence-electron chi connectivity index (χ1n) is 11.1. The number of aromatic nitrogens is 2. The molecule has 0 aliphatic carbocycles. The number of nitrogens with zero attached hydrogens (tertiary/aromatic N) is 2. The minimum absolute atomic E-state index is 0.0307. The van der Waals surface area contributed by atoms with Gasteiger partial charge in [-0.2, -0.15) is 0 Å². The SMILES string of the molecule is CC(c1c(Cl)ccc(F)c1Cl)c1c[nH]c2ncc(-c3ccc(C(=O)N4CCNCC4)cc3)cc12. The number of carbonyl (C=O) groups excluding carboxylic acids is 1. The van der Waals surface area contributed by atoms with Gasteiger partial charge in [0, 0.05) is 66.0 Å². The highest BCUT2D eigenvalue weighted by molar-refractivity contribution is 6.36. The number of rotatable bonds is 4. The van der Waals surface area contributed by atoms with Crippen molar-refractivity contribution in [1.29, 1.82) is 0 Å². The largest absolute Gasteiger partial charge is 0.346 e. The maximum atomic E-state index is 14.1. The average Bonchev–Trinajstić information content (AvgIpc) is 3.30.